The SMILES string of the molecule is COP(C)(=PC)PP=PC. The maximum Gasteiger partial charge on any atom is 0.0516 e. The lowest BCUT2D eigenvalue weighted by molar-refractivity contribution is 0.473. The Morgan fingerprint density at radius 1 is 1.40 bits per heavy atom. The van der Waals surface area contributed by atoms with Crippen LogP contribution in [0.4, 0.5) is 0 Å². The van der Waals surface area contributed by atoms with Gasteiger partial charge in [0.15, 0.2) is 0 Å². The third-order valence-electron chi connectivity index (χ3n) is 1.07. The molecule has 0 fully saturated rings. The molecule has 0 bridgehead atoms. The van der Waals surface area contributed by atoms with Gasteiger partial charge in [0.25, 0.3) is 0 Å². The third-order valence-corrected chi connectivity index (χ3v) is 21.1. The van der Waals surface area contributed by atoms with Crippen molar-refractivity contribution in [1.82, 2.24) is 0 Å². The molecule has 0 spiro atoms. The lowest BCUT2D eigenvalue weighted by Gasteiger charge is -2.13. The van der Waals surface area contributed by atoms with Crippen molar-refractivity contribution in [2.45, 2.75) is 0 Å². The molecule has 0 saturated carbocycles. The van der Waals surface area contributed by atoms with E-state index in [9.17, 15) is 0 Å². The summed E-state index contributed by atoms with van der Waals surface area (Å²) in [4.78, 5) is 0. The largest absolute Gasteiger partial charge is 0.356 e. The van der Waals surface area contributed by atoms with E-state index in [1.54, 1.807) is 0 Å². The Morgan fingerprint density at radius 3 is 2.30 bits per heavy atom. The molecule has 0 heterocycles. The molecule has 2 atom stereocenters. The van der Waals surface area contributed by atoms with E-state index >= 15 is 0 Å². The molecule has 6 heteroatoms. The van der Waals surface area contributed by atoms with E-state index in [4.69, 9.17) is 4.52 Å². The highest BCUT2D eigenvalue weighted by atomic mass is 32.6. The molecule has 0 amide bonds. The average Bonchev–Trinajstić information content (AvgIpc) is 2.00. The van der Waals surface area contributed by atoms with Crippen LogP contribution in [0.1, 0.15) is 0 Å². The predicted octanol–water partition coefficient (Wildman–Crippen LogP) is 4.63. The molecule has 0 radical (unpaired) electrons. The molecule has 10 heavy (non-hydrogen) atoms. The van der Waals surface area contributed by atoms with Crippen LogP contribution in [-0.2, 0) is 4.52 Å². The first-order valence-corrected chi connectivity index (χ1v) is 12.6. The van der Waals surface area contributed by atoms with Gasteiger partial charge in [-0.25, -0.2) is 0 Å². The molecular weight excluding hydrogens is 219 g/mol. The quantitative estimate of drug-likeness (QED) is 0.644. The second-order valence-corrected chi connectivity index (χ2v) is 18.2. The van der Waals surface area contributed by atoms with E-state index in [0.29, 0.717) is 0 Å². The fourth-order valence-electron chi connectivity index (χ4n) is 0.295. The number of hydrogen-bond donors (Lipinski definition) is 0. The molecule has 0 aliphatic heterocycles. The Kier molecular flexibility index (Phi) is 7.34. The molecule has 2 unspecified atom stereocenters. The van der Waals surface area contributed by atoms with Crippen molar-refractivity contribution in [2.24, 2.45) is 0 Å². The van der Waals surface area contributed by atoms with Crippen LogP contribution in [0.5, 0.6) is 0 Å². The van der Waals surface area contributed by atoms with Crippen LogP contribution in [0.25, 0.3) is 0 Å². The number of rotatable bonds is 3. The molecule has 0 aromatic rings. The third kappa shape index (κ3) is 4.57. The summed E-state index contributed by atoms with van der Waals surface area (Å²) in [5.41, 5.74) is 0. The molecule has 0 aromatic heterocycles. The van der Waals surface area contributed by atoms with Gasteiger partial charge in [0.05, 0.1) is 6.46 Å². The van der Waals surface area contributed by atoms with Crippen LogP contribution in [0.3, 0.4) is 0 Å². The zero-order valence-electron chi connectivity index (χ0n) is 6.70. The van der Waals surface area contributed by atoms with E-state index in [0.717, 1.165) is 7.96 Å². The van der Waals surface area contributed by atoms with Gasteiger partial charge in [-0.2, -0.15) is 0 Å². The van der Waals surface area contributed by atoms with E-state index < -0.39 is 6.46 Å². The minimum atomic E-state index is -0.967. The van der Waals surface area contributed by atoms with Gasteiger partial charge in [-0.15, -0.1) is 0 Å². The first-order valence-electron chi connectivity index (χ1n) is 2.78. The van der Waals surface area contributed by atoms with Crippen LogP contribution in [0.2, 0.25) is 0 Å². The molecule has 0 aliphatic carbocycles. The van der Waals surface area contributed by atoms with Gasteiger partial charge in [-0.1, -0.05) is 15.7 Å². The zero-order valence-corrected chi connectivity index (χ0v) is 11.3. The molecule has 0 saturated heterocycles. The minimum Gasteiger partial charge on any atom is -0.356 e. The van der Waals surface area contributed by atoms with Gasteiger partial charge in [0.2, 0.25) is 0 Å². The second kappa shape index (κ2) is 6.26. The lowest BCUT2D eigenvalue weighted by Crippen LogP contribution is -1.67. The molecule has 0 N–H and O–H groups in total. The topological polar surface area (TPSA) is 9.23 Å². The van der Waals surface area contributed by atoms with Crippen molar-refractivity contribution in [3.8, 4) is 0 Å². The predicted molar refractivity (Wildman–Crippen MR) is 60.8 cm³/mol. The monoisotopic (exact) mass is 232 g/mol. The Bertz CT molecular complexity index is 163. The van der Waals surface area contributed by atoms with Crippen LogP contribution in [0, 0.1) is 0 Å². The van der Waals surface area contributed by atoms with Crippen molar-refractivity contribution in [3.63, 3.8) is 0 Å². The summed E-state index contributed by atoms with van der Waals surface area (Å²) in [5, 5.41) is 0. The molecule has 1 nitrogen and oxygen atoms in total. The van der Waals surface area contributed by atoms with Gasteiger partial charge in [0.1, 0.15) is 0 Å². The van der Waals surface area contributed by atoms with E-state index in [1.807, 2.05) is 7.11 Å². The summed E-state index contributed by atoms with van der Waals surface area (Å²) in [5.74, 6) is 0. The van der Waals surface area contributed by atoms with Gasteiger partial charge in [-0.05, 0) is 35.5 Å². The standard InChI is InChI=1S/C4H13OP5/c1-5-10(4,7-3)9-8-6-2/h9H,1-4H3. The minimum absolute atomic E-state index is 0.967. The summed E-state index contributed by atoms with van der Waals surface area (Å²) in [6.45, 7) is 5.71. The van der Waals surface area contributed by atoms with E-state index in [-0.39, 0.29) is 0 Å². The van der Waals surface area contributed by atoms with Gasteiger partial charge >= 0.3 is 0 Å². The lowest BCUT2D eigenvalue weighted by atomic mass is 11.8. The van der Waals surface area contributed by atoms with Crippen LogP contribution < -0.4 is 0 Å². The summed E-state index contributed by atoms with van der Waals surface area (Å²) < 4.78 is 5.49. The van der Waals surface area contributed by atoms with Crippen LogP contribution in [0.15, 0.2) is 0 Å². The molecular formula is C4H13OP5. The van der Waals surface area contributed by atoms with E-state index in [1.165, 1.54) is 23.3 Å². The Balaban J connectivity index is 4.09. The first kappa shape index (κ1) is 11.7. The summed E-state index contributed by atoms with van der Waals surface area (Å²) in [6, 6.07) is 0. The fourth-order valence-corrected chi connectivity index (χ4v) is 19.0. The van der Waals surface area contributed by atoms with Crippen LogP contribution in [-0.4, -0.2) is 27.1 Å². The molecule has 0 aromatic carbocycles. The van der Waals surface area contributed by atoms with Crippen molar-refractivity contribution in [1.29, 1.82) is 0 Å². The first-order chi connectivity index (χ1) is 4.68. The number of hydrogen-bond acceptors (Lipinski definition) is 1. The fraction of sp³-hybridized carbons (Fsp3) is 1.00. The van der Waals surface area contributed by atoms with Gasteiger partial charge in [-0.3, -0.25) is 0 Å². The highest BCUT2D eigenvalue weighted by molar-refractivity contribution is 8.61. The van der Waals surface area contributed by atoms with Gasteiger partial charge in [0, 0.05) is 7.11 Å². The van der Waals surface area contributed by atoms with Crippen molar-refractivity contribution in [2.75, 3.05) is 27.1 Å². The summed E-state index contributed by atoms with van der Waals surface area (Å²) in [6.07, 6.45) is 0. The second-order valence-electron chi connectivity index (χ2n) is 1.66. The van der Waals surface area contributed by atoms with E-state index in [2.05, 4.69) is 20.0 Å². The van der Waals surface area contributed by atoms with Gasteiger partial charge < -0.3 is 4.52 Å². The smallest absolute Gasteiger partial charge is 0.0516 e. The van der Waals surface area contributed by atoms with Crippen molar-refractivity contribution in [3.05, 3.63) is 0 Å². The molecule has 60 valence electrons. The zero-order chi connectivity index (χ0) is 8.04. The Hall–Kier alpha value is 1.72. The normalized spacial score (nSPS) is 19.2. The van der Waals surface area contributed by atoms with Crippen LogP contribution >= 0.6 is 37.7 Å². The van der Waals surface area contributed by atoms with Crippen molar-refractivity contribution >= 4 is 37.7 Å². The molecule has 0 aliphatic rings. The maximum atomic E-state index is 5.49. The van der Waals surface area contributed by atoms with Crippen molar-refractivity contribution < 1.29 is 4.52 Å². The highest BCUT2D eigenvalue weighted by Crippen LogP contribution is 2.74. The maximum absolute atomic E-state index is 5.49. The summed E-state index contributed by atoms with van der Waals surface area (Å²) >= 11 is 0. The Labute approximate surface area is 69.8 Å². The average molecular weight is 232 g/mol. The molecule has 0 rings (SSSR count). The Morgan fingerprint density at radius 2 is 2.00 bits per heavy atom. The summed E-state index contributed by atoms with van der Waals surface area (Å²) in [7, 11) is 7.33. The highest BCUT2D eigenvalue weighted by Gasteiger charge is 2.05.